The SMILES string of the molecule is CC(C)[C@H](NC(=O)[C@H](Cc1ccccc1)NC(=O)[C@@H](NC(=O)[C@H](CCCCN)NC(=O)[C@H](CC1=NC=NC1)NC(=O)CN)C(C)C)C(=O)O. The number of nitrogens with zero attached hydrogens (tertiary/aromatic N) is 2. The molecule has 1 aromatic carbocycles. The van der Waals surface area contributed by atoms with Crippen LogP contribution in [0, 0.1) is 11.8 Å². The molecule has 1 heterocycles. The fourth-order valence-corrected chi connectivity index (χ4v) is 5.04. The molecule has 0 radical (unpaired) electrons. The first-order chi connectivity index (χ1) is 23.3. The van der Waals surface area contributed by atoms with E-state index in [9.17, 15) is 33.9 Å². The zero-order valence-electron chi connectivity index (χ0n) is 28.6. The lowest BCUT2D eigenvalue weighted by Gasteiger charge is -2.29. The number of nitrogens with one attached hydrogen (secondary N) is 5. The summed E-state index contributed by atoms with van der Waals surface area (Å²) in [5, 5.41) is 22.8. The third-order valence-electron chi connectivity index (χ3n) is 7.85. The monoisotopic (exact) mass is 685 g/mol. The van der Waals surface area contributed by atoms with Crippen molar-refractivity contribution in [1.29, 1.82) is 0 Å². The maximum atomic E-state index is 13.7. The van der Waals surface area contributed by atoms with E-state index in [2.05, 4.69) is 36.6 Å². The smallest absolute Gasteiger partial charge is 0.326 e. The van der Waals surface area contributed by atoms with Gasteiger partial charge in [-0.25, -0.2) is 9.79 Å². The number of aliphatic imine (C=N–C) groups is 2. The van der Waals surface area contributed by atoms with E-state index in [-0.39, 0.29) is 32.4 Å². The lowest BCUT2D eigenvalue weighted by atomic mass is 9.99. The summed E-state index contributed by atoms with van der Waals surface area (Å²) in [6.07, 6.45) is 2.71. The average molecular weight is 686 g/mol. The van der Waals surface area contributed by atoms with Crippen molar-refractivity contribution in [2.24, 2.45) is 33.3 Å². The molecule has 0 spiro atoms. The van der Waals surface area contributed by atoms with E-state index >= 15 is 0 Å². The second-order valence-electron chi connectivity index (χ2n) is 12.6. The number of rotatable bonds is 21. The number of carbonyl (C=O) groups excluding carboxylic acids is 5. The van der Waals surface area contributed by atoms with Gasteiger partial charge in [-0.2, -0.15) is 0 Å². The van der Waals surface area contributed by atoms with Crippen LogP contribution in [0.15, 0.2) is 40.3 Å². The molecule has 49 heavy (non-hydrogen) atoms. The third kappa shape index (κ3) is 13.7. The third-order valence-corrected chi connectivity index (χ3v) is 7.85. The number of amides is 5. The van der Waals surface area contributed by atoms with Crippen molar-refractivity contribution in [2.75, 3.05) is 19.6 Å². The molecule has 0 aliphatic carbocycles. The van der Waals surface area contributed by atoms with Crippen LogP contribution in [-0.2, 0) is 35.2 Å². The van der Waals surface area contributed by atoms with E-state index < -0.39 is 77.6 Å². The molecule has 1 aliphatic heterocycles. The highest BCUT2D eigenvalue weighted by molar-refractivity contribution is 6.01. The molecule has 0 aromatic heterocycles. The minimum absolute atomic E-state index is 0.0517. The van der Waals surface area contributed by atoms with Crippen LogP contribution in [0.25, 0.3) is 0 Å². The second-order valence-corrected chi connectivity index (χ2v) is 12.6. The van der Waals surface area contributed by atoms with Crippen LogP contribution >= 0.6 is 0 Å². The van der Waals surface area contributed by atoms with Gasteiger partial charge in [0.05, 0.1) is 13.1 Å². The number of nitrogens with two attached hydrogens (primary N) is 2. The Morgan fingerprint density at radius 2 is 1.31 bits per heavy atom. The summed E-state index contributed by atoms with van der Waals surface area (Å²) in [7, 11) is 0. The predicted octanol–water partition coefficient (Wildman–Crippen LogP) is -0.990. The molecule has 2 rings (SSSR count). The van der Waals surface area contributed by atoms with Crippen molar-refractivity contribution in [3.8, 4) is 0 Å². The lowest BCUT2D eigenvalue weighted by molar-refractivity contribution is -0.143. The topological polar surface area (TPSA) is 260 Å². The number of hydrogen-bond acceptors (Lipinski definition) is 10. The lowest BCUT2D eigenvalue weighted by Crippen LogP contribution is -2.60. The Hall–Kier alpha value is -4.70. The summed E-state index contributed by atoms with van der Waals surface area (Å²) >= 11 is 0. The molecule has 0 saturated heterocycles. The number of carboxylic acids is 1. The van der Waals surface area contributed by atoms with Gasteiger partial charge >= 0.3 is 5.97 Å². The first-order valence-corrected chi connectivity index (χ1v) is 16.5. The summed E-state index contributed by atoms with van der Waals surface area (Å²) in [6, 6.07) is 3.23. The van der Waals surface area contributed by atoms with Crippen molar-refractivity contribution in [1.82, 2.24) is 26.6 Å². The van der Waals surface area contributed by atoms with E-state index in [4.69, 9.17) is 11.5 Å². The van der Waals surface area contributed by atoms with Gasteiger partial charge in [0, 0.05) is 18.6 Å². The van der Waals surface area contributed by atoms with E-state index in [0.717, 1.165) is 5.56 Å². The molecule has 0 bridgehead atoms. The summed E-state index contributed by atoms with van der Waals surface area (Å²) in [6.45, 7) is 7.01. The van der Waals surface area contributed by atoms with Gasteiger partial charge in [-0.1, -0.05) is 58.0 Å². The second kappa shape index (κ2) is 20.6. The van der Waals surface area contributed by atoms with Crippen molar-refractivity contribution in [3.05, 3.63) is 35.9 Å². The number of unbranched alkanes of at least 4 members (excludes halogenated alkanes) is 1. The van der Waals surface area contributed by atoms with Gasteiger partial charge in [0.25, 0.3) is 0 Å². The van der Waals surface area contributed by atoms with Crippen molar-refractivity contribution in [2.45, 2.75) is 90.0 Å². The largest absolute Gasteiger partial charge is 0.480 e. The molecule has 270 valence electrons. The summed E-state index contributed by atoms with van der Waals surface area (Å²) in [5.41, 5.74) is 12.4. The molecule has 1 aliphatic rings. The molecule has 1 aromatic rings. The van der Waals surface area contributed by atoms with Crippen LogP contribution < -0.4 is 38.1 Å². The quantitative estimate of drug-likeness (QED) is 0.0738. The first kappa shape index (κ1) is 40.5. The van der Waals surface area contributed by atoms with Crippen LogP contribution in [0.5, 0.6) is 0 Å². The highest BCUT2D eigenvalue weighted by atomic mass is 16.4. The van der Waals surface area contributed by atoms with Crippen LogP contribution in [0.1, 0.15) is 58.9 Å². The Balaban J connectivity index is 2.28. The van der Waals surface area contributed by atoms with Crippen molar-refractivity contribution < 1.29 is 33.9 Å². The van der Waals surface area contributed by atoms with Gasteiger partial charge < -0.3 is 43.2 Å². The Labute approximate surface area is 286 Å². The van der Waals surface area contributed by atoms with Crippen molar-refractivity contribution in [3.63, 3.8) is 0 Å². The van der Waals surface area contributed by atoms with Crippen LogP contribution in [0.4, 0.5) is 0 Å². The number of benzene rings is 1. The van der Waals surface area contributed by atoms with E-state index in [1.807, 2.05) is 0 Å². The van der Waals surface area contributed by atoms with E-state index in [1.54, 1.807) is 58.0 Å². The minimum atomic E-state index is -1.21. The molecule has 5 atom stereocenters. The van der Waals surface area contributed by atoms with Gasteiger partial charge in [0.2, 0.25) is 29.5 Å². The summed E-state index contributed by atoms with van der Waals surface area (Å²) < 4.78 is 0. The first-order valence-electron chi connectivity index (χ1n) is 16.5. The highest BCUT2D eigenvalue weighted by Gasteiger charge is 2.34. The Bertz CT molecular complexity index is 1350. The molecule has 16 heteroatoms. The standard InChI is InChI=1S/C33H51N9O7/c1-19(2)27(32(47)40-24(14-21-10-6-5-7-11-21)31(46)42-28(20(3)4)33(48)49)41-29(44)23(12-8-9-13-34)39-30(45)25(38-26(43)16-35)15-22-17-36-18-37-22/h5-7,10-11,18-20,23-25,27-28H,8-9,12-17,34-35H2,1-4H3,(H,38,43)(H,39,45)(H,40,47)(H,41,44)(H,42,46)(H,48,49)/t23-,24-,25-,27-,28-/m0/s1. The number of carboxylic acid groups (broad SMARTS) is 1. The summed E-state index contributed by atoms with van der Waals surface area (Å²) in [4.78, 5) is 86.3. The number of carbonyl (C=O) groups is 6. The highest BCUT2D eigenvalue weighted by Crippen LogP contribution is 2.11. The normalized spacial score (nSPS) is 15.4. The predicted molar refractivity (Wildman–Crippen MR) is 184 cm³/mol. The van der Waals surface area contributed by atoms with Gasteiger partial charge in [0.1, 0.15) is 36.5 Å². The van der Waals surface area contributed by atoms with Gasteiger partial charge in [-0.3, -0.25) is 29.0 Å². The van der Waals surface area contributed by atoms with E-state index in [1.165, 1.54) is 6.34 Å². The molecule has 0 saturated carbocycles. The number of aliphatic carboxylic acids is 1. The molecular weight excluding hydrogens is 634 g/mol. The van der Waals surface area contributed by atoms with Crippen LogP contribution in [0.3, 0.4) is 0 Å². The van der Waals surface area contributed by atoms with Gasteiger partial charge in [-0.05, 0) is 43.2 Å². The maximum absolute atomic E-state index is 13.7. The van der Waals surface area contributed by atoms with Crippen LogP contribution in [-0.4, -0.2) is 103 Å². The molecule has 0 unspecified atom stereocenters. The molecule has 10 N–H and O–H groups in total. The zero-order chi connectivity index (χ0) is 36.5. The maximum Gasteiger partial charge on any atom is 0.326 e. The summed E-state index contributed by atoms with van der Waals surface area (Å²) in [5.74, 6) is -5.32. The molecule has 0 fully saturated rings. The van der Waals surface area contributed by atoms with Crippen LogP contribution in [0.2, 0.25) is 0 Å². The minimum Gasteiger partial charge on any atom is -0.480 e. The molecular formula is C33H51N9O7. The zero-order valence-corrected chi connectivity index (χ0v) is 28.6. The Morgan fingerprint density at radius 3 is 1.86 bits per heavy atom. The molecule has 5 amide bonds. The van der Waals surface area contributed by atoms with E-state index in [0.29, 0.717) is 25.1 Å². The fraction of sp³-hybridized carbons (Fsp3) is 0.576. The Kier molecular flexibility index (Phi) is 17.0. The fourth-order valence-electron chi connectivity index (χ4n) is 5.04. The molecule has 16 nitrogen and oxygen atoms in total. The number of hydrogen-bond donors (Lipinski definition) is 8. The van der Waals surface area contributed by atoms with Crippen molar-refractivity contribution >= 4 is 47.6 Å². The van der Waals surface area contributed by atoms with Gasteiger partial charge in [-0.15, -0.1) is 0 Å². The average Bonchev–Trinajstić information content (AvgIpc) is 3.57. The van der Waals surface area contributed by atoms with Gasteiger partial charge in [0.15, 0.2) is 0 Å². The Morgan fingerprint density at radius 1 is 0.735 bits per heavy atom.